The molecular weight excluding hydrogens is 693 g/mol. The number of anilines is 7. The van der Waals surface area contributed by atoms with Crippen molar-refractivity contribution in [1.29, 1.82) is 0 Å². The lowest BCUT2D eigenvalue weighted by Gasteiger charge is -2.54. The quantitative estimate of drug-likeness (QED) is 0.0584. The van der Waals surface area contributed by atoms with E-state index in [0.717, 1.165) is 25.2 Å². The Labute approximate surface area is 346 Å². The number of hydrogen-bond donors (Lipinski definition) is 0. The van der Waals surface area contributed by atoms with Crippen molar-refractivity contribution in [3.05, 3.63) is 101 Å². The predicted molar refractivity (Wildman–Crippen MR) is 248 cm³/mol. The molecule has 0 radical (unpaired) electrons. The molecule has 0 saturated carbocycles. The number of unbranched alkanes of at least 4 members (excludes halogenated alkanes) is 15. The Balaban J connectivity index is 1.40. The highest BCUT2D eigenvalue weighted by molar-refractivity contribution is 6.02. The minimum Gasteiger partial charge on any atom is -0.378 e. The fourth-order valence-electron chi connectivity index (χ4n) is 9.92. The maximum Gasteiger partial charge on any atom is 0.119 e. The maximum atomic E-state index is 4.18. The van der Waals surface area contributed by atoms with Crippen LogP contribution in [0.5, 0.6) is 0 Å². The first-order valence-electron chi connectivity index (χ1n) is 23.1. The van der Waals surface area contributed by atoms with Crippen LogP contribution in [0.15, 0.2) is 78.9 Å². The molecule has 0 amide bonds. The summed E-state index contributed by atoms with van der Waals surface area (Å²) in [4.78, 5) is 10.3. The number of hydrogen-bond acceptors (Lipinski definition) is 4. The van der Waals surface area contributed by atoms with Gasteiger partial charge in [-0.2, -0.15) is 0 Å². The van der Waals surface area contributed by atoms with E-state index in [9.17, 15) is 0 Å². The van der Waals surface area contributed by atoms with E-state index in [4.69, 9.17) is 0 Å². The summed E-state index contributed by atoms with van der Waals surface area (Å²) in [6.07, 6.45) is 23.3. The summed E-state index contributed by atoms with van der Waals surface area (Å²) in [5, 5.41) is 0. The molecule has 3 heterocycles. The van der Waals surface area contributed by atoms with Crippen molar-refractivity contribution in [3.8, 4) is 11.8 Å². The fraction of sp³-hybridized carbons (Fsp3) is 0.509. The molecule has 302 valence electrons. The monoisotopic (exact) mass is 763 g/mol. The van der Waals surface area contributed by atoms with E-state index in [1.165, 1.54) is 172 Å². The highest BCUT2D eigenvalue weighted by atomic mass is 15.2. The normalized spacial score (nSPS) is 14.0. The van der Waals surface area contributed by atoms with Gasteiger partial charge in [-0.15, -0.1) is 0 Å². The van der Waals surface area contributed by atoms with E-state index >= 15 is 0 Å². The third-order valence-corrected chi connectivity index (χ3v) is 12.9. The average Bonchev–Trinajstić information content (AvgIpc) is 3.23. The van der Waals surface area contributed by atoms with Gasteiger partial charge in [-0.3, -0.25) is 0 Å². The lowest BCUT2D eigenvalue weighted by atomic mass is 9.61. The molecule has 0 N–H and O–H groups in total. The van der Waals surface area contributed by atoms with Gasteiger partial charge in [-0.05, 0) is 79.9 Å². The molecular formula is C53H70N4. The molecule has 0 bridgehead atoms. The Bertz CT molecular complexity index is 1740. The smallest absolute Gasteiger partial charge is 0.119 e. The van der Waals surface area contributed by atoms with E-state index in [1.807, 2.05) is 0 Å². The van der Waals surface area contributed by atoms with Crippen molar-refractivity contribution in [3.63, 3.8) is 0 Å². The van der Waals surface area contributed by atoms with Crippen LogP contribution >= 0.6 is 0 Å². The van der Waals surface area contributed by atoms with E-state index in [1.54, 1.807) is 0 Å². The minimum atomic E-state index is -0.586. The van der Waals surface area contributed by atoms with Crippen LogP contribution in [-0.2, 0) is 5.41 Å². The first-order chi connectivity index (χ1) is 28.0. The van der Waals surface area contributed by atoms with Crippen molar-refractivity contribution >= 4 is 39.8 Å². The zero-order chi connectivity index (χ0) is 39.6. The van der Waals surface area contributed by atoms with Gasteiger partial charge < -0.3 is 19.6 Å². The lowest BCUT2D eigenvalue weighted by Crippen LogP contribution is -2.47. The van der Waals surface area contributed by atoms with Crippen LogP contribution < -0.4 is 19.6 Å². The molecule has 57 heavy (non-hydrogen) atoms. The molecule has 0 fully saturated rings. The van der Waals surface area contributed by atoms with Crippen molar-refractivity contribution in [2.45, 2.75) is 142 Å². The third kappa shape index (κ3) is 8.32. The zero-order valence-electron chi connectivity index (χ0n) is 36.1. The van der Waals surface area contributed by atoms with Crippen molar-refractivity contribution in [1.82, 2.24) is 0 Å². The van der Waals surface area contributed by atoms with Crippen molar-refractivity contribution < 1.29 is 0 Å². The Morgan fingerprint density at radius 3 is 1.05 bits per heavy atom. The molecule has 0 spiro atoms. The highest BCUT2D eigenvalue weighted by Gasteiger charge is 2.55. The van der Waals surface area contributed by atoms with Crippen molar-refractivity contribution in [2.24, 2.45) is 0 Å². The summed E-state index contributed by atoms with van der Waals surface area (Å²) in [6.45, 7) is 10.0. The standard InChI is InChI=1S/C53H70N4/c1-6-9-12-15-18-21-39-55-44-27-24-29-46-50(44)53(38-37-42-33-35-43(36-34-42)54(4)5)51-45(55)28-25-30-47(51)57(41-23-20-17-14-11-8-3)49-32-26-31-48(52(49)53)56(46)40-22-19-16-13-10-7-2/h24-36H,6-23,39-41H2,1-5H3. The van der Waals surface area contributed by atoms with Gasteiger partial charge in [0.25, 0.3) is 0 Å². The molecule has 3 aliphatic rings. The van der Waals surface area contributed by atoms with Gasteiger partial charge >= 0.3 is 0 Å². The summed E-state index contributed by atoms with van der Waals surface area (Å²) in [6, 6.07) is 30.3. The first kappa shape index (κ1) is 40.8. The number of rotatable bonds is 22. The second kappa shape index (κ2) is 19.4. The van der Waals surface area contributed by atoms with Crippen LogP contribution in [-0.4, -0.2) is 33.7 Å². The van der Waals surface area contributed by atoms with E-state index in [0.29, 0.717) is 0 Å². The Kier molecular flexibility index (Phi) is 13.9. The van der Waals surface area contributed by atoms with Gasteiger partial charge in [0.2, 0.25) is 0 Å². The van der Waals surface area contributed by atoms with Gasteiger partial charge in [0.1, 0.15) is 5.41 Å². The van der Waals surface area contributed by atoms with Gasteiger partial charge in [0.15, 0.2) is 0 Å². The van der Waals surface area contributed by atoms with Crippen LogP contribution in [0.2, 0.25) is 0 Å². The van der Waals surface area contributed by atoms with Crippen LogP contribution in [0, 0.1) is 11.8 Å². The summed E-state index contributed by atoms with van der Waals surface area (Å²) in [7, 11) is 4.21. The van der Waals surface area contributed by atoms with Gasteiger partial charge in [-0.1, -0.05) is 147 Å². The van der Waals surface area contributed by atoms with Gasteiger partial charge in [0, 0.05) is 95.8 Å². The van der Waals surface area contributed by atoms with Crippen molar-refractivity contribution in [2.75, 3.05) is 53.3 Å². The Hall–Kier alpha value is -4.36. The van der Waals surface area contributed by atoms with Gasteiger partial charge in [0.05, 0.1) is 0 Å². The molecule has 0 saturated heterocycles. The summed E-state index contributed by atoms with van der Waals surface area (Å²) in [5.41, 5.74) is 14.0. The van der Waals surface area contributed by atoms with Gasteiger partial charge in [-0.25, -0.2) is 0 Å². The largest absolute Gasteiger partial charge is 0.378 e. The molecule has 4 aromatic rings. The SMILES string of the molecule is CCCCCCCCN1c2cccc3c2C2(C#Cc4ccc(N(C)C)cc4)c4c1cccc4N(CCCCCCCC)c1cccc(c12)N3CCCCCCCC. The number of nitrogens with zero attached hydrogens (tertiary/aromatic N) is 4. The molecule has 0 aromatic heterocycles. The second-order valence-electron chi connectivity index (χ2n) is 17.2. The van der Waals surface area contributed by atoms with E-state index in [-0.39, 0.29) is 0 Å². The number of benzene rings is 4. The van der Waals surface area contributed by atoms with E-state index < -0.39 is 5.41 Å². The topological polar surface area (TPSA) is 13.0 Å². The molecule has 4 heteroatoms. The predicted octanol–water partition coefficient (Wildman–Crippen LogP) is 14.6. The lowest BCUT2D eigenvalue weighted by molar-refractivity contribution is 0.598. The molecule has 4 nitrogen and oxygen atoms in total. The summed E-state index contributed by atoms with van der Waals surface area (Å²) < 4.78 is 0. The first-order valence-corrected chi connectivity index (χ1v) is 23.1. The molecule has 0 unspecified atom stereocenters. The molecule has 0 atom stereocenters. The zero-order valence-corrected chi connectivity index (χ0v) is 36.1. The van der Waals surface area contributed by atoms with E-state index in [2.05, 4.69) is 145 Å². The molecule has 0 aliphatic carbocycles. The van der Waals surface area contributed by atoms with Crippen LogP contribution in [0.4, 0.5) is 39.8 Å². The molecule has 4 aromatic carbocycles. The average molecular weight is 763 g/mol. The fourth-order valence-corrected chi connectivity index (χ4v) is 9.92. The second-order valence-corrected chi connectivity index (χ2v) is 17.2. The molecule has 7 rings (SSSR count). The van der Waals surface area contributed by atoms with Crippen LogP contribution in [0.1, 0.15) is 159 Å². The minimum absolute atomic E-state index is 0.586. The Morgan fingerprint density at radius 2 is 0.737 bits per heavy atom. The maximum absolute atomic E-state index is 4.18. The molecule has 3 aliphatic heterocycles. The van der Waals surface area contributed by atoms with Crippen LogP contribution in [0.3, 0.4) is 0 Å². The highest BCUT2D eigenvalue weighted by Crippen LogP contribution is 2.66. The summed E-state index contributed by atoms with van der Waals surface area (Å²) >= 11 is 0. The van der Waals surface area contributed by atoms with Crippen LogP contribution in [0.25, 0.3) is 0 Å². The summed E-state index contributed by atoms with van der Waals surface area (Å²) in [5.74, 6) is 8.03. The third-order valence-electron chi connectivity index (χ3n) is 12.9. The Morgan fingerprint density at radius 1 is 0.421 bits per heavy atom.